The van der Waals surface area contributed by atoms with Gasteiger partial charge < -0.3 is 19.9 Å². The van der Waals surface area contributed by atoms with Crippen LogP contribution >= 0.6 is 0 Å². The summed E-state index contributed by atoms with van der Waals surface area (Å²) in [7, 11) is 1.70. The largest absolute Gasteiger partial charge is 0.496 e. The lowest BCUT2D eigenvalue weighted by atomic mass is 9.78. The highest BCUT2D eigenvalue weighted by molar-refractivity contribution is 5.83. The van der Waals surface area contributed by atoms with Gasteiger partial charge in [-0.05, 0) is 61.4 Å². The van der Waals surface area contributed by atoms with Crippen LogP contribution in [0.25, 0.3) is 10.8 Å². The van der Waals surface area contributed by atoms with Crippen molar-refractivity contribution in [3.63, 3.8) is 0 Å². The van der Waals surface area contributed by atoms with Crippen molar-refractivity contribution in [3.05, 3.63) is 77.9 Å². The second kappa shape index (κ2) is 10.7. The maximum absolute atomic E-state index is 10.7. The Morgan fingerprint density at radius 3 is 2.45 bits per heavy atom. The summed E-state index contributed by atoms with van der Waals surface area (Å²) in [4.78, 5) is 0. The third-order valence-corrected chi connectivity index (χ3v) is 6.77. The minimum absolute atomic E-state index is 0.0323. The number of methoxy groups -OCH3 is 1. The number of hydrogen-bond donors (Lipinski definition) is 2. The highest BCUT2D eigenvalue weighted by Crippen LogP contribution is 2.42. The Bertz CT molecular complexity index is 1040. The van der Waals surface area contributed by atoms with Crippen molar-refractivity contribution >= 4 is 10.8 Å². The van der Waals surface area contributed by atoms with Crippen LogP contribution < -0.4 is 10.1 Å². The molecule has 3 aromatic rings. The van der Waals surface area contributed by atoms with Gasteiger partial charge in [0.05, 0.1) is 25.9 Å². The number of hydrogen-bond acceptors (Lipinski definition) is 4. The molecule has 0 heterocycles. The van der Waals surface area contributed by atoms with E-state index in [-0.39, 0.29) is 11.6 Å². The molecule has 0 radical (unpaired) electrons. The van der Waals surface area contributed by atoms with E-state index in [4.69, 9.17) is 9.47 Å². The molecule has 0 amide bonds. The molecular weight excluding hydrogens is 410 g/mol. The van der Waals surface area contributed by atoms with Crippen molar-refractivity contribution in [1.29, 1.82) is 0 Å². The van der Waals surface area contributed by atoms with Crippen LogP contribution in [0, 0.1) is 5.92 Å². The van der Waals surface area contributed by atoms with Gasteiger partial charge in [0.25, 0.3) is 0 Å². The second-order valence-corrected chi connectivity index (χ2v) is 9.96. The zero-order valence-corrected chi connectivity index (χ0v) is 20.1. The van der Waals surface area contributed by atoms with Crippen LogP contribution in [0.15, 0.2) is 66.7 Å². The standard InChI is InChI=1S/C29H37NO3/c1-29(2,18-21-15-16-22-9-4-5-10-24(22)17-21)30-19-25(31)20-33-28(23-11-8-12-23)26-13-6-7-14-27(26)32-3/h4-7,9-10,13-17,23,25,28,30-31H,8,11-12,18-20H2,1-3H3. The molecule has 0 saturated heterocycles. The van der Waals surface area contributed by atoms with Gasteiger partial charge in [-0.1, -0.05) is 67.1 Å². The molecule has 2 N–H and O–H groups in total. The molecular formula is C29H37NO3. The van der Waals surface area contributed by atoms with Crippen molar-refractivity contribution in [2.75, 3.05) is 20.3 Å². The average Bonchev–Trinajstić information content (AvgIpc) is 2.79. The molecule has 2 unspecified atom stereocenters. The molecule has 1 fully saturated rings. The summed E-state index contributed by atoms with van der Waals surface area (Å²) in [6, 6.07) is 23.2. The first kappa shape index (κ1) is 23.7. The monoisotopic (exact) mass is 447 g/mol. The lowest BCUT2D eigenvalue weighted by Gasteiger charge is -2.35. The summed E-state index contributed by atoms with van der Waals surface area (Å²) >= 11 is 0. The Morgan fingerprint density at radius 2 is 1.73 bits per heavy atom. The number of para-hydroxylation sites is 1. The summed E-state index contributed by atoms with van der Waals surface area (Å²) in [5.41, 5.74) is 2.24. The van der Waals surface area contributed by atoms with E-state index in [1.54, 1.807) is 7.11 Å². The summed E-state index contributed by atoms with van der Waals surface area (Å²) in [6.45, 7) is 5.16. The van der Waals surface area contributed by atoms with Crippen LogP contribution in [0.5, 0.6) is 5.75 Å². The second-order valence-electron chi connectivity index (χ2n) is 9.96. The van der Waals surface area contributed by atoms with E-state index in [1.165, 1.54) is 22.8 Å². The number of aliphatic hydroxyl groups is 1. The van der Waals surface area contributed by atoms with Crippen molar-refractivity contribution in [2.45, 2.75) is 57.3 Å². The van der Waals surface area contributed by atoms with Gasteiger partial charge in [-0.25, -0.2) is 0 Å². The fourth-order valence-electron chi connectivity index (χ4n) is 4.71. The predicted octanol–water partition coefficient (Wildman–Crippen LogP) is 5.68. The van der Waals surface area contributed by atoms with Crippen LogP contribution in [0.3, 0.4) is 0 Å². The van der Waals surface area contributed by atoms with Gasteiger partial charge in [0.1, 0.15) is 5.75 Å². The van der Waals surface area contributed by atoms with Crippen LogP contribution in [0.2, 0.25) is 0 Å². The Balaban J connectivity index is 1.32. The Morgan fingerprint density at radius 1 is 1.00 bits per heavy atom. The molecule has 4 rings (SSSR count). The van der Waals surface area contributed by atoms with Gasteiger partial charge >= 0.3 is 0 Å². The topological polar surface area (TPSA) is 50.7 Å². The Hall–Kier alpha value is -2.40. The molecule has 2 atom stereocenters. The molecule has 1 aliphatic rings. The molecule has 1 saturated carbocycles. The van der Waals surface area contributed by atoms with Gasteiger partial charge in [-0.15, -0.1) is 0 Å². The third kappa shape index (κ3) is 6.14. The van der Waals surface area contributed by atoms with E-state index in [9.17, 15) is 5.11 Å². The number of nitrogens with one attached hydrogen (secondary N) is 1. The van der Waals surface area contributed by atoms with E-state index in [1.807, 2.05) is 18.2 Å². The van der Waals surface area contributed by atoms with Crippen molar-refractivity contribution in [1.82, 2.24) is 5.32 Å². The summed E-state index contributed by atoms with van der Waals surface area (Å²) < 4.78 is 11.9. The lowest BCUT2D eigenvalue weighted by Crippen LogP contribution is -2.46. The fourth-order valence-corrected chi connectivity index (χ4v) is 4.71. The highest BCUT2D eigenvalue weighted by atomic mass is 16.5. The first-order chi connectivity index (χ1) is 15.9. The molecule has 0 aliphatic heterocycles. The summed E-state index contributed by atoms with van der Waals surface area (Å²) in [5, 5.41) is 16.8. The number of fused-ring (bicyclic) bond motifs is 1. The van der Waals surface area contributed by atoms with E-state index in [0.717, 1.165) is 30.6 Å². The van der Waals surface area contributed by atoms with Gasteiger partial charge in [0.15, 0.2) is 0 Å². The highest BCUT2D eigenvalue weighted by Gasteiger charge is 2.31. The maximum atomic E-state index is 10.7. The maximum Gasteiger partial charge on any atom is 0.124 e. The number of β-amino-alcohol motifs (C(OH)–C–C–N with tert-alkyl or cyclic N) is 1. The SMILES string of the molecule is COc1ccccc1C(OCC(O)CNC(C)(C)Cc1ccc2ccccc2c1)C1CCC1. The van der Waals surface area contributed by atoms with Gasteiger partial charge in [0, 0.05) is 17.6 Å². The quantitative estimate of drug-likeness (QED) is 0.397. The zero-order valence-electron chi connectivity index (χ0n) is 20.1. The molecule has 176 valence electrons. The van der Waals surface area contributed by atoms with Crippen LogP contribution in [-0.4, -0.2) is 37.0 Å². The smallest absolute Gasteiger partial charge is 0.124 e. The summed E-state index contributed by atoms with van der Waals surface area (Å²) in [5.74, 6) is 1.35. The third-order valence-electron chi connectivity index (χ3n) is 6.77. The molecule has 33 heavy (non-hydrogen) atoms. The van der Waals surface area contributed by atoms with Crippen molar-refractivity contribution in [2.24, 2.45) is 5.92 Å². The fraction of sp³-hybridized carbons (Fsp3) is 0.448. The van der Waals surface area contributed by atoms with Crippen LogP contribution in [0.1, 0.15) is 50.3 Å². The normalized spacial score (nSPS) is 16.4. The number of rotatable bonds is 11. The molecule has 0 spiro atoms. The number of ether oxygens (including phenoxy) is 2. The molecule has 3 aromatic carbocycles. The summed E-state index contributed by atoms with van der Waals surface area (Å²) in [6.07, 6.45) is 3.85. The first-order valence-electron chi connectivity index (χ1n) is 12.1. The van der Waals surface area contributed by atoms with E-state index in [2.05, 4.69) is 67.7 Å². The molecule has 4 heteroatoms. The van der Waals surface area contributed by atoms with Crippen LogP contribution in [-0.2, 0) is 11.2 Å². The van der Waals surface area contributed by atoms with Gasteiger partial charge in [0.2, 0.25) is 0 Å². The van der Waals surface area contributed by atoms with E-state index in [0.29, 0.717) is 19.1 Å². The molecule has 4 nitrogen and oxygen atoms in total. The first-order valence-corrected chi connectivity index (χ1v) is 12.1. The molecule has 0 bridgehead atoms. The minimum Gasteiger partial charge on any atom is -0.496 e. The Labute approximate surface area is 197 Å². The average molecular weight is 448 g/mol. The van der Waals surface area contributed by atoms with Crippen molar-refractivity contribution < 1.29 is 14.6 Å². The van der Waals surface area contributed by atoms with Gasteiger partial charge in [-0.3, -0.25) is 0 Å². The van der Waals surface area contributed by atoms with Crippen LogP contribution in [0.4, 0.5) is 0 Å². The molecule has 1 aliphatic carbocycles. The van der Waals surface area contributed by atoms with E-state index >= 15 is 0 Å². The minimum atomic E-state index is -0.571. The lowest BCUT2D eigenvalue weighted by molar-refractivity contribution is -0.0547. The van der Waals surface area contributed by atoms with E-state index < -0.39 is 6.10 Å². The number of aliphatic hydroxyl groups excluding tert-OH is 1. The predicted molar refractivity (Wildman–Crippen MR) is 135 cm³/mol. The zero-order chi connectivity index (χ0) is 23.3. The Kier molecular flexibility index (Phi) is 7.69. The van der Waals surface area contributed by atoms with Crippen molar-refractivity contribution in [3.8, 4) is 5.75 Å². The number of benzene rings is 3. The molecule has 0 aromatic heterocycles. The van der Waals surface area contributed by atoms with Gasteiger partial charge in [-0.2, -0.15) is 0 Å².